The molecule has 0 bridgehead atoms. The van der Waals surface area contributed by atoms with Crippen LogP contribution in [0.15, 0.2) is 12.1 Å². The topological polar surface area (TPSA) is 51.2 Å². The third-order valence-electron chi connectivity index (χ3n) is 3.50. The van der Waals surface area contributed by atoms with Crippen LogP contribution in [0.4, 0.5) is 5.13 Å². The number of thiazole rings is 1. The fraction of sp³-hybridized carbons (Fsp3) is 0.467. The second-order valence-corrected chi connectivity index (χ2v) is 7.49. The van der Waals surface area contributed by atoms with E-state index in [1.54, 1.807) is 22.7 Å². The number of carbonyl (C=O) groups excluding carboxylic acids is 1. The minimum absolute atomic E-state index is 0.137. The highest BCUT2D eigenvalue weighted by molar-refractivity contribution is 7.15. The lowest BCUT2D eigenvalue weighted by Gasteiger charge is -2.07. The Morgan fingerprint density at radius 1 is 1.48 bits per heavy atom. The molecule has 1 aliphatic carbocycles. The first-order chi connectivity index (χ1) is 10.2. The van der Waals surface area contributed by atoms with E-state index in [2.05, 4.69) is 29.4 Å². The van der Waals surface area contributed by atoms with Crippen LogP contribution >= 0.6 is 22.7 Å². The summed E-state index contributed by atoms with van der Waals surface area (Å²) < 4.78 is 5.13. The number of ether oxygens (including phenoxy) is 1. The molecular weight excluding hydrogens is 304 g/mol. The minimum Gasteiger partial charge on any atom is -0.465 e. The standard InChI is InChI=1S/C15H18N2O2S2/c1-3-19-14(18)11-6-7-12-13(11)17-15(21-12)16-8-10-5-4-9(2)20-10/h4-5,11H,3,6-8H2,1-2H3,(H,16,17). The van der Waals surface area contributed by atoms with Gasteiger partial charge < -0.3 is 10.1 Å². The number of aromatic nitrogens is 1. The molecule has 2 aromatic heterocycles. The summed E-state index contributed by atoms with van der Waals surface area (Å²) >= 11 is 3.45. The Balaban J connectivity index is 1.67. The van der Waals surface area contributed by atoms with Crippen LogP contribution in [0.3, 0.4) is 0 Å². The summed E-state index contributed by atoms with van der Waals surface area (Å²) in [6.45, 7) is 5.16. The van der Waals surface area contributed by atoms with E-state index in [0.717, 1.165) is 30.2 Å². The predicted octanol–water partition coefficient (Wildman–Crippen LogP) is 3.72. The third-order valence-corrected chi connectivity index (χ3v) is 5.59. The van der Waals surface area contributed by atoms with E-state index >= 15 is 0 Å². The monoisotopic (exact) mass is 322 g/mol. The van der Waals surface area contributed by atoms with Gasteiger partial charge in [0.1, 0.15) is 5.92 Å². The molecule has 0 aliphatic heterocycles. The summed E-state index contributed by atoms with van der Waals surface area (Å²) in [7, 11) is 0. The van der Waals surface area contributed by atoms with E-state index in [1.807, 2.05) is 6.92 Å². The number of nitrogens with one attached hydrogen (secondary N) is 1. The quantitative estimate of drug-likeness (QED) is 0.853. The number of rotatable bonds is 5. The van der Waals surface area contributed by atoms with Crippen molar-refractivity contribution in [3.05, 3.63) is 32.5 Å². The van der Waals surface area contributed by atoms with Crippen molar-refractivity contribution in [1.82, 2.24) is 4.98 Å². The molecule has 21 heavy (non-hydrogen) atoms. The molecule has 6 heteroatoms. The second kappa shape index (κ2) is 6.15. The van der Waals surface area contributed by atoms with Gasteiger partial charge in [-0.1, -0.05) is 0 Å². The molecule has 0 amide bonds. The molecule has 1 N–H and O–H groups in total. The van der Waals surface area contributed by atoms with Crippen molar-refractivity contribution in [2.75, 3.05) is 11.9 Å². The number of aryl methyl sites for hydroxylation is 2. The van der Waals surface area contributed by atoms with Crippen molar-refractivity contribution in [2.45, 2.75) is 39.2 Å². The zero-order valence-electron chi connectivity index (χ0n) is 12.1. The second-order valence-electron chi connectivity index (χ2n) is 5.04. The van der Waals surface area contributed by atoms with Gasteiger partial charge in [0.25, 0.3) is 0 Å². The molecular formula is C15H18N2O2S2. The maximum absolute atomic E-state index is 11.9. The first-order valence-electron chi connectivity index (χ1n) is 7.12. The smallest absolute Gasteiger partial charge is 0.315 e. The average Bonchev–Trinajstić information content (AvgIpc) is 3.11. The van der Waals surface area contributed by atoms with Gasteiger partial charge in [0.05, 0.1) is 18.8 Å². The Hall–Kier alpha value is -1.40. The fourth-order valence-corrected chi connectivity index (χ4v) is 4.38. The summed E-state index contributed by atoms with van der Waals surface area (Å²) in [5.74, 6) is -0.308. The largest absolute Gasteiger partial charge is 0.465 e. The highest BCUT2D eigenvalue weighted by atomic mass is 32.1. The van der Waals surface area contributed by atoms with Crippen molar-refractivity contribution in [3.8, 4) is 0 Å². The zero-order valence-corrected chi connectivity index (χ0v) is 13.8. The van der Waals surface area contributed by atoms with Gasteiger partial charge >= 0.3 is 5.97 Å². The first kappa shape index (κ1) is 14.5. The number of hydrogen-bond acceptors (Lipinski definition) is 6. The molecule has 1 atom stereocenters. The fourth-order valence-electron chi connectivity index (χ4n) is 2.52. The number of fused-ring (bicyclic) bond motifs is 1. The van der Waals surface area contributed by atoms with E-state index in [0.29, 0.717) is 6.61 Å². The molecule has 3 rings (SSSR count). The summed E-state index contributed by atoms with van der Waals surface area (Å²) in [5, 5.41) is 4.26. The highest BCUT2D eigenvalue weighted by Gasteiger charge is 2.33. The van der Waals surface area contributed by atoms with Gasteiger partial charge in [0.15, 0.2) is 5.13 Å². The number of hydrogen-bond donors (Lipinski definition) is 1. The molecule has 0 fully saturated rings. The third kappa shape index (κ3) is 3.11. The van der Waals surface area contributed by atoms with Crippen molar-refractivity contribution < 1.29 is 9.53 Å². The molecule has 1 unspecified atom stereocenters. The molecule has 0 saturated heterocycles. The maximum Gasteiger partial charge on any atom is 0.315 e. The first-order valence-corrected chi connectivity index (χ1v) is 8.76. The van der Waals surface area contributed by atoms with Gasteiger partial charge in [0, 0.05) is 14.6 Å². The van der Waals surface area contributed by atoms with Crippen LogP contribution in [-0.2, 0) is 22.5 Å². The van der Waals surface area contributed by atoms with Crippen LogP contribution in [0.5, 0.6) is 0 Å². The Kier molecular flexibility index (Phi) is 4.26. The Labute approximate surface area is 132 Å². The van der Waals surface area contributed by atoms with Crippen molar-refractivity contribution in [1.29, 1.82) is 0 Å². The van der Waals surface area contributed by atoms with Crippen LogP contribution in [0.1, 0.15) is 39.6 Å². The van der Waals surface area contributed by atoms with Crippen LogP contribution in [0, 0.1) is 6.92 Å². The number of thiophene rings is 1. The average molecular weight is 322 g/mol. The summed E-state index contributed by atoms with van der Waals surface area (Å²) in [6, 6.07) is 4.26. The molecule has 1 aliphatic rings. The molecule has 4 nitrogen and oxygen atoms in total. The molecule has 112 valence electrons. The van der Waals surface area contributed by atoms with Crippen LogP contribution < -0.4 is 5.32 Å². The molecule has 0 saturated carbocycles. The van der Waals surface area contributed by atoms with Crippen LogP contribution in [-0.4, -0.2) is 17.6 Å². The molecule has 0 spiro atoms. The lowest BCUT2D eigenvalue weighted by Crippen LogP contribution is -2.14. The molecule has 2 heterocycles. The number of esters is 1. The number of nitrogens with zero attached hydrogens (tertiary/aromatic N) is 1. The van der Waals surface area contributed by atoms with E-state index < -0.39 is 0 Å². The summed E-state index contributed by atoms with van der Waals surface area (Å²) in [5.41, 5.74) is 0.920. The van der Waals surface area contributed by atoms with E-state index in [-0.39, 0.29) is 11.9 Å². The molecule has 0 aromatic carbocycles. The van der Waals surface area contributed by atoms with Crippen LogP contribution in [0.25, 0.3) is 0 Å². The van der Waals surface area contributed by atoms with Crippen molar-refractivity contribution >= 4 is 33.8 Å². The molecule has 2 aromatic rings. The number of anilines is 1. The SMILES string of the molecule is CCOC(=O)C1CCc2sc(NCc3ccc(C)s3)nc21. The van der Waals surface area contributed by atoms with Gasteiger partial charge in [-0.05, 0) is 38.8 Å². The lowest BCUT2D eigenvalue weighted by molar-refractivity contribution is -0.145. The lowest BCUT2D eigenvalue weighted by atomic mass is 10.1. The van der Waals surface area contributed by atoms with E-state index in [4.69, 9.17) is 4.74 Å². The van der Waals surface area contributed by atoms with Gasteiger partial charge in [-0.3, -0.25) is 4.79 Å². The number of carbonyl (C=O) groups is 1. The Morgan fingerprint density at radius 2 is 2.33 bits per heavy atom. The van der Waals surface area contributed by atoms with Gasteiger partial charge in [0.2, 0.25) is 0 Å². The Morgan fingerprint density at radius 3 is 3.05 bits per heavy atom. The highest BCUT2D eigenvalue weighted by Crippen LogP contribution is 2.39. The zero-order chi connectivity index (χ0) is 14.8. The Bertz CT molecular complexity index is 648. The maximum atomic E-state index is 11.9. The van der Waals surface area contributed by atoms with E-state index in [1.165, 1.54) is 14.6 Å². The van der Waals surface area contributed by atoms with Crippen molar-refractivity contribution in [2.24, 2.45) is 0 Å². The van der Waals surface area contributed by atoms with E-state index in [9.17, 15) is 4.79 Å². The van der Waals surface area contributed by atoms with Gasteiger partial charge in [-0.25, -0.2) is 4.98 Å². The van der Waals surface area contributed by atoms with Gasteiger partial charge in [-0.15, -0.1) is 22.7 Å². The minimum atomic E-state index is -0.171. The summed E-state index contributed by atoms with van der Waals surface area (Å²) in [4.78, 5) is 20.4. The normalized spacial score (nSPS) is 16.8. The van der Waals surface area contributed by atoms with Gasteiger partial charge in [-0.2, -0.15) is 0 Å². The molecule has 0 radical (unpaired) electrons. The summed E-state index contributed by atoms with van der Waals surface area (Å²) in [6.07, 6.45) is 1.76. The predicted molar refractivity (Wildman–Crippen MR) is 86.2 cm³/mol. The van der Waals surface area contributed by atoms with Crippen molar-refractivity contribution in [3.63, 3.8) is 0 Å². The van der Waals surface area contributed by atoms with Crippen LogP contribution in [0.2, 0.25) is 0 Å².